The van der Waals surface area contributed by atoms with Gasteiger partial charge in [0.15, 0.2) is 17.5 Å². The molecule has 6 nitrogen and oxygen atoms in total. The van der Waals surface area contributed by atoms with Crippen molar-refractivity contribution in [1.29, 1.82) is 0 Å². The summed E-state index contributed by atoms with van der Waals surface area (Å²) in [5.74, 6) is 1.68. The highest BCUT2D eigenvalue weighted by atomic mass is 16.3. The highest BCUT2D eigenvalue weighted by Crippen LogP contribution is 2.42. The average Bonchev–Trinajstić information content (AvgIpc) is 3.78. The minimum atomic E-state index is 0.539. The molecule has 0 saturated heterocycles. The minimum absolute atomic E-state index is 0.539. The van der Waals surface area contributed by atoms with Crippen LogP contribution in [0.5, 0.6) is 0 Å². The Hall–Kier alpha value is -7.05. The number of hydrogen-bond donors (Lipinski definition) is 0. The number of rotatable bonds is 6. The Morgan fingerprint density at radius 3 is 1.94 bits per heavy atom. The third kappa shape index (κ3) is 4.92. The monoisotopic (exact) mass is 670 g/mol. The lowest BCUT2D eigenvalue weighted by Crippen LogP contribution is -2.11. The molecule has 52 heavy (non-hydrogen) atoms. The van der Waals surface area contributed by atoms with E-state index in [-0.39, 0.29) is 0 Å². The SMILES string of the molecule is Cc1ccccc1N(c1ccccc1)c1ccc2c(c1)oc1cccc(-c3nc(-c4ccccc4)nc(-c4cccc5c4oc4ccccc45)n3)c12. The van der Waals surface area contributed by atoms with E-state index in [0.717, 1.165) is 77.6 Å². The van der Waals surface area contributed by atoms with E-state index < -0.39 is 0 Å². The first-order valence-corrected chi connectivity index (χ1v) is 17.3. The van der Waals surface area contributed by atoms with Gasteiger partial charge in [-0.15, -0.1) is 0 Å². The van der Waals surface area contributed by atoms with E-state index in [0.29, 0.717) is 17.5 Å². The van der Waals surface area contributed by atoms with Gasteiger partial charge in [0.05, 0.1) is 5.56 Å². The first-order valence-electron chi connectivity index (χ1n) is 17.3. The molecular weight excluding hydrogens is 641 g/mol. The van der Waals surface area contributed by atoms with E-state index in [2.05, 4.69) is 96.8 Å². The Bertz CT molecular complexity index is 2930. The molecule has 0 aliphatic carbocycles. The second-order valence-corrected chi connectivity index (χ2v) is 12.9. The number of benzene rings is 7. The second kappa shape index (κ2) is 12.1. The van der Waals surface area contributed by atoms with Crippen LogP contribution in [-0.2, 0) is 0 Å². The predicted octanol–water partition coefficient (Wildman–Crippen LogP) is 12.4. The van der Waals surface area contributed by atoms with E-state index in [1.54, 1.807) is 0 Å². The van der Waals surface area contributed by atoms with Crippen LogP contribution in [0.4, 0.5) is 17.1 Å². The Kier molecular flexibility index (Phi) is 6.93. The number of fused-ring (bicyclic) bond motifs is 6. The first kappa shape index (κ1) is 29.8. The molecule has 0 amide bonds. The third-order valence-corrected chi connectivity index (χ3v) is 9.66. The first-order chi connectivity index (χ1) is 25.7. The highest BCUT2D eigenvalue weighted by molar-refractivity contribution is 6.13. The van der Waals surface area contributed by atoms with Crippen molar-refractivity contribution in [2.45, 2.75) is 6.92 Å². The van der Waals surface area contributed by atoms with Crippen LogP contribution < -0.4 is 4.90 Å². The molecule has 0 unspecified atom stereocenters. The molecule has 10 aromatic rings. The Morgan fingerprint density at radius 1 is 0.442 bits per heavy atom. The van der Waals surface area contributed by atoms with Gasteiger partial charge in [0.25, 0.3) is 0 Å². The van der Waals surface area contributed by atoms with Gasteiger partial charge in [-0.1, -0.05) is 109 Å². The van der Waals surface area contributed by atoms with Gasteiger partial charge >= 0.3 is 0 Å². The summed E-state index contributed by atoms with van der Waals surface area (Å²) in [6, 6.07) is 55.6. The molecule has 0 saturated carbocycles. The quantitative estimate of drug-likeness (QED) is 0.175. The van der Waals surface area contributed by atoms with Crippen LogP contribution in [0.1, 0.15) is 5.56 Å². The third-order valence-electron chi connectivity index (χ3n) is 9.66. The normalized spacial score (nSPS) is 11.6. The number of aromatic nitrogens is 3. The summed E-state index contributed by atoms with van der Waals surface area (Å²) in [5, 5.41) is 4.00. The lowest BCUT2D eigenvalue weighted by atomic mass is 10.0. The second-order valence-electron chi connectivity index (χ2n) is 12.9. The standard InChI is InChI=1S/C46H30N4O2/c1-29-14-8-10-23-38(29)50(31-17-6-3-7-18-31)32-26-27-35-41(28-32)51-40-25-13-21-36(42(35)40)45-47-44(30-15-4-2-5-16-30)48-46(49-45)37-22-12-20-34-33-19-9-11-24-39(33)52-43(34)37/h2-28H,1H3. The largest absolute Gasteiger partial charge is 0.456 e. The number of furan rings is 2. The molecule has 7 aromatic carbocycles. The van der Waals surface area contributed by atoms with Crippen LogP contribution >= 0.6 is 0 Å². The van der Waals surface area contributed by atoms with E-state index in [1.165, 1.54) is 5.56 Å². The zero-order valence-electron chi connectivity index (χ0n) is 28.2. The van der Waals surface area contributed by atoms with Crippen molar-refractivity contribution >= 4 is 60.9 Å². The molecule has 0 atom stereocenters. The Morgan fingerprint density at radius 2 is 1.10 bits per heavy atom. The molecule has 0 radical (unpaired) electrons. The number of nitrogens with zero attached hydrogens (tertiary/aromatic N) is 4. The summed E-state index contributed by atoms with van der Waals surface area (Å²) in [7, 11) is 0. The number of aryl methyl sites for hydroxylation is 1. The van der Waals surface area contributed by atoms with Crippen LogP contribution in [0, 0.1) is 6.92 Å². The van der Waals surface area contributed by atoms with Gasteiger partial charge in [-0.3, -0.25) is 0 Å². The van der Waals surface area contributed by atoms with Crippen LogP contribution in [-0.4, -0.2) is 15.0 Å². The summed E-state index contributed by atoms with van der Waals surface area (Å²) in [6.45, 7) is 2.14. The van der Waals surface area contributed by atoms with Crippen LogP contribution in [0.25, 0.3) is 78.0 Å². The van der Waals surface area contributed by atoms with Crippen molar-refractivity contribution in [1.82, 2.24) is 15.0 Å². The van der Waals surface area contributed by atoms with Crippen molar-refractivity contribution in [2.75, 3.05) is 4.90 Å². The van der Waals surface area contributed by atoms with E-state index in [9.17, 15) is 0 Å². The highest BCUT2D eigenvalue weighted by Gasteiger charge is 2.22. The smallest absolute Gasteiger partial charge is 0.167 e. The molecule has 0 bridgehead atoms. The Labute approximate surface area is 299 Å². The molecule has 6 heteroatoms. The molecule has 0 aliphatic heterocycles. The van der Waals surface area contributed by atoms with Gasteiger partial charge in [-0.2, -0.15) is 0 Å². The lowest BCUT2D eigenvalue weighted by Gasteiger charge is -2.26. The molecule has 0 fully saturated rings. The fourth-order valence-electron chi connectivity index (χ4n) is 7.21. The van der Waals surface area contributed by atoms with Crippen molar-refractivity contribution in [3.8, 4) is 34.2 Å². The van der Waals surface area contributed by atoms with Crippen molar-refractivity contribution in [2.24, 2.45) is 0 Å². The van der Waals surface area contributed by atoms with Gasteiger partial charge in [0.1, 0.15) is 22.3 Å². The summed E-state index contributed by atoms with van der Waals surface area (Å²) in [4.78, 5) is 17.6. The molecular formula is C46H30N4O2. The van der Waals surface area contributed by atoms with Crippen LogP contribution in [0.2, 0.25) is 0 Å². The van der Waals surface area contributed by atoms with Gasteiger partial charge < -0.3 is 13.7 Å². The average molecular weight is 671 g/mol. The molecule has 0 spiro atoms. The molecule has 0 N–H and O–H groups in total. The topological polar surface area (TPSA) is 68.2 Å². The molecule has 0 aliphatic rings. The molecule has 10 rings (SSSR count). The van der Waals surface area contributed by atoms with E-state index in [4.69, 9.17) is 23.8 Å². The van der Waals surface area contributed by atoms with Crippen LogP contribution in [0.3, 0.4) is 0 Å². The maximum absolute atomic E-state index is 6.62. The fourth-order valence-corrected chi connectivity index (χ4v) is 7.21. The van der Waals surface area contributed by atoms with Crippen LogP contribution in [0.15, 0.2) is 173 Å². The summed E-state index contributed by atoms with van der Waals surface area (Å²) >= 11 is 0. The van der Waals surface area contributed by atoms with Crippen molar-refractivity contribution < 1.29 is 8.83 Å². The summed E-state index contributed by atoms with van der Waals surface area (Å²) < 4.78 is 13.0. The predicted molar refractivity (Wildman–Crippen MR) is 210 cm³/mol. The maximum Gasteiger partial charge on any atom is 0.167 e. The number of para-hydroxylation sites is 4. The fraction of sp³-hybridized carbons (Fsp3) is 0.0217. The van der Waals surface area contributed by atoms with Gasteiger partial charge in [0, 0.05) is 55.8 Å². The molecule has 246 valence electrons. The zero-order valence-corrected chi connectivity index (χ0v) is 28.2. The maximum atomic E-state index is 6.62. The molecule has 3 aromatic heterocycles. The number of hydrogen-bond acceptors (Lipinski definition) is 6. The van der Waals surface area contributed by atoms with E-state index >= 15 is 0 Å². The van der Waals surface area contributed by atoms with Gasteiger partial charge in [0.2, 0.25) is 0 Å². The minimum Gasteiger partial charge on any atom is -0.456 e. The summed E-state index contributed by atoms with van der Waals surface area (Å²) in [5.41, 5.74) is 10.0. The summed E-state index contributed by atoms with van der Waals surface area (Å²) in [6.07, 6.45) is 0. The van der Waals surface area contributed by atoms with Crippen molar-refractivity contribution in [3.63, 3.8) is 0 Å². The number of anilines is 3. The zero-order chi connectivity index (χ0) is 34.6. The van der Waals surface area contributed by atoms with E-state index in [1.807, 2.05) is 78.9 Å². The van der Waals surface area contributed by atoms with Gasteiger partial charge in [-0.25, -0.2) is 15.0 Å². The molecule has 3 heterocycles. The van der Waals surface area contributed by atoms with Crippen molar-refractivity contribution in [3.05, 3.63) is 169 Å². The lowest BCUT2D eigenvalue weighted by molar-refractivity contribution is 0.668. The Balaban J connectivity index is 1.17. The van der Waals surface area contributed by atoms with Gasteiger partial charge in [-0.05, 0) is 61.0 Å².